The SMILES string of the molecule is CCOc1ccc([C@@H](C(=O)NC2CCCCC2)N(C(=O)c2cnccn2)c2ccc(C(C)=O)cc2)cc1. The average Bonchev–Trinajstić information content (AvgIpc) is 2.93. The summed E-state index contributed by atoms with van der Waals surface area (Å²) < 4.78 is 5.59. The van der Waals surface area contributed by atoms with E-state index in [-0.39, 0.29) is 23.4 Å². The van der Waals surface area contributed by atoms with E-state index in [0.29, 0.717) is 29.2 Å². The van der Waals surface area contributed by atoms with E-state index in [2.05, 4.69) is 15.3 Å². The van der Waals surface area contributed by atoms with E-state index in [9.17, 15) is 14.4 Å². The minimum Gasteiger partial charge on any atom is -0.494 e. The van der Waals surface area contributed by atoms with Gasteiger partial charge >= 0.3 is 0 Å². The first-order chi connectivity index (χ1) is 18.0. The summed E-state index contributed by atoms with van der Waals surface area (Å²) in [6.45, 7) is 3.91. The first kappa shape index (κ1) is 26.0. The van der Waals surface area contributed by atoms with Gasteiger partial charge in [-0.2, -0.15) is 0 Å². The monoisotopic (exact) mass is 500 g/mol. The van der Waals surface area contributed by atoms with Gasteiger partial charge in [0.15, 0.2) is 5.78 Å². The smallest absolute Gasteiger partial charge is 0.279 e. The molecule has 1 aromatic heterocycles. The highest BCUT2D eigenvalue weighted by Crippen LogP contribution is 2.31. The van der Waals surface area contributed by atoms with Crippen LogP contribution in [0.4, 0.5) is 5.69 Å². The van der Waals surface area contributed by atoms with Crippen LogP contribution in [0.2, 0.25) is 0 Å². The molecule has 1 saturated carbocycles. The number of anilines is 1. The molecule has 1 aliphatic carbocycles. The highest BCUT2D eigenvalue weighted by atomic mass is 16.5. The summed E-state index contributed by atoms with van der Waals surface area (Å²) in [6, 6.07) is 12.9. The molecule has 8 heteroatoms. The molecule has 1 N–H and O–H groups in total. The number of amides is 2. The Kier molecular flexibility index (Phi) is 8.61. The van der Waals surface area contributed by atoms with Crippen LogP contribution in [0.1, 0.15) is 78.4 Å². The molecule has 192 valence electrons. The largest absolute Gasteiger partial charge is 0.494 e. The summed E-state index contributed by atoms with van der Waals surface area (Å²) in [6.07, 6.45) is 9.42. The normalized spacial score (nSPS) is 14.4. The molecular weight excluding hydrogens is 468 g/mol. The van der Waals surface area contributed by atoms with Crippen LogP contribution in [0, 0.1) is 0 Å². The lowest BCUT2D eigenvalue weighted by Gasteiger charge is -2.33. The second-order valence-electron chi connectivity index (χ2n) is 9.12. The molecule has 0 radical (unpaired) electrons. The van der Waals surface area contributed by atoms with Crippen LogP contribution < -0.4 is 15.0 Å². The Bertz CT molecular complexity index is 1210. The van der Waals surface area contributed by atoms with Crippen LogP contribution in [-0.2, 0) is 4.79 Å². The minimum atomic E-state index is -0.977. The zero-order valence-electron chi connectivity index (χ0n) is 21.2. The molecular formula is C29H32N4O4. The lowest BCUT2D eigenvalue weighted by atomic mass is 9.94. The van der Waals surface area contributed by atoms with Gasteiger partial charge in [-0.05, 0) is 68.7 Å². The predicted molar refractivity (Wildman–Crippen MR) is 141 cm³/mol. The first-order valence-corrected chi connectivity index (χ1v) is 12.7. The van der Waals surface area contributed by atoms with Gasteiger partial charge in [0.05, 0.1) is 12.8 Å². The number of ketones is 1. The van der Waals surface area contributed by atoms with Crippen LogP contribution >= 0.6 is 0 Å². The molecule has 0 aliphatic heterocycles. The van der Waals surface area contributed by atoms with Gasteiger partial charge in [-0.15, -0.1) is 0 Å². The number of hydrogen-bond donors (Lipinski definition) is 1. The Labute approximate surface area is 217 Å². The number of hydrogen-bond acceptors (Lipinski definition) is 6. The van der Waals surface area contributed by atoms with Gasteiger partial charge in [-0.3, -0.25) is 24.3 Å². The van der Waals surface area contributed by atoms with Crippen LogP contribution in [0.15, 0.2) is 67.1 Å². The Balaban J connectivity index is 1.80. The molecule has 37 heavy (non-hydrogen) atoms. The van der Waals surface area contributed by atoms with Gasteiger partial charge in [-0.25, -0.2) is 4.98 Å². The number of nitrogens with one attached hydrogen (secondary N) is 1. The molecule has 1 fully saturated rings. The Morgan fingerprint density at radius 1 is 1.00 bits per heavy atom. The highest BCUT2D eigenvalue weighted by molar-refractivity contribution is 6.09. The molecule has 3 aromatic rings. The van der Waals surface area contributed by atoms with Crippen molar-refractivity contribution in [3.8, 4) is 5.75 Å². The number of nitrogens with zero attached hydrogens (tertiary/aromatic N) is 3. The van der Waals surface area contributed by atoms with Crippen molar-refractivity contribution in [3.63, 3.8) is 0 Å². The maximum atomic E-state index is 13.9. The molecule has 0 spiro atoms. The maximum Gasteiger partial charge on any atom is 0.279 e. The number of ether oxygens (including phenoxy) is 1. The van der Waals surface area contributed by atoms with Crippen molar-refractivity contribution in [3.05, 3.63) is 83.9 Å². The quantitative estimate of drug-likeness (QED) is 0.419. The molecule has 0 saturated heterocycles. The fraction of sp³-hybridized carbons (Fsp3) is 0.345. The third-order valence-electron chi connectivity index (χ3n) is 6.52. The summed E-state index contributed by atoms with van der Waals surface area (Å²) in [7, 11) is 0. The number of benzene rings is 2. The molecule has 1 atom stereocenters. The van der Waals surface area contributed by atoms with Crippen molar-refractivity contribution in [2.75, 3.05) is 11.5 Å². The van der Waals surface area contributed by atoms with Crippen LogP contribution in [0.5, 0.6) is 5.75 Å². The maximum absolute atomic E-state index is 13.9. The van der Waals surface area contributed by atoms with Gasteiger partial charge in [-0.1, -0.05) is 31.4 Å². The number of carbonyl (C=O) groups excluding carboxylic acids is 3. The minimum absolute atomic E-state index is 0.0556. The first-order valence-electron chi connectivity index (χ1n) is 12.7. The van der Waals surface area contributed by atoms with Gasteiger partial charge in [0.1, 0.15) is 17.5 Å². The lowest BCUT2D eigenvalue weighted by molar-refractivity contribution is -0.123. The van der Waals surface area contributed by atoms with Gasteiger partial charge < -0.3 is 10.1 Å². The molecule has 2 amide bonds. The molecule has 8 nitrogen and oxygen atoms in total. The summed E-state index contributed by atoms with van der Waals surface area (Å²) in [4.78, 5) is 49.4. The Morgan fingerprint density at radius 3 is 2.30 bits per heavy atom. The third kappa shape index (κ3) is 6.39. The summed E-state index contributed by atoms with van der Waals surface area (Å²) >= 11 is 0. The summed E-state index contributed by atoms with van der Waals surface area (Å²) in [5.74, 6) is -0.156. The van der Waals surface area contributed by atoms with Crippen LogP contribution in [0.25, 0.3) is 0 Å². The second-order valence-corrected chi connectivity index (χ2v) is 9.12. The standard InChI is InChI=1S/C29H32N4O4/c1-3-37-25-15-11-22(12-16-25)27(28(35)32-23-7-5-4-6-8-23)33(29(36)26-19-30-17-18-31-26)24-13-9-21(10-14-24)20(2)34/h9-19,23,27H,3-8H2,1-2H3,(H,32,35)/t27-/m0/s1. The highest BCUT2D eigenvalue weighted by Gasteiger charge is 2.35. The predicted octanol–water partition coefficient (Wildman–Crippen LogP) is 4.91. The van der Waals surface area contributed by atoms with E-state index >= 15 is 0 Å². The number of rotatable bonds is 9. The average molecular weight is 501 g/mol. The van der Waals surface area contributed by atoms with E-state index < -0.39 is 11.9 Å². The van der Waals surface area contributed by atoms with E-state index in [1.165, 1.54) is 30.4 Å². The molecule has 2 aromatic carbocycles. The Morgan fingerprint density at radius 2 is 1.70 bits per heavy atom. The van der Waals surface area contributed by atoms with Gasteiger partial charge in [0.2, 0.25) is 5.91 Å². The summed E-state index contributed by atoms with van der Waals surface area (Å²) in [5, 5.41) is 3.19. The van der Waals surface area contributed by atoms with Crippen molar-refractivity contribution in [1.82, 2.24) is 15.3 Å². The third-order valence-corrected chi connectivity index (χ3v) is 6.52. The number of Topliss-reactive ketones (excluding diaryl/α,β-unsaturated/α-hetero) is 1. The number of aromatic nitrogens is 2. The van der Waals surface area contributed by atoms with Gasteiger partial charge in [0.25, 0.3) is 5.91 Å². The summed E-state index contributed by atoms with van der Waals surface area (Å²) in [5.41, 5.74) is 1.72. The van der Waals surface area contributed by atoms with Crippen LogP contribution in [-0.4, -0.2) is 40.2 Å². The lowest BCUT2D eigenvalue weighted by Crippen LogP contribution is -2.47. The van der Waals surface area contributed by atoms with E-state index in [1.54, 1.807) is 48.5 Å². The van der Waals surface area contributed by atoms with E-state index in [0.717, 1.165) is 32.1 Å². The zero-order chi connectivity index (χ0) is 26.2. The molecule has 0 bridgehead atoms. The van der Waals surface area contributed by atoms with Crippen molar-refractivity contribution < 1.29 is 19.1 Å². The van der Waals surface area contributed by atoms with Crippen molar-refractivity contribution >= 4 is 23.3 Å². The second kappa shape index (κ2) is 12.3. The molecule has 0 unspecified atom stereocenters. The molecule has 4 rings (SSSR count). The van der Waals surface area contributed by atoms with E-state index in [1.807, 2.05) is 6.92 Å². The van der Waals surface area contributed by atoms with Crippen molar-refractivity contribution in [2.24, 2.45) is 0 Å². The van der Waals surface area contributed by atoms with Crippen molar-refractivity contribution in [2.45, 2.75) is 58.0 Å². The zero-order valence-corrected chi connectivity index (χ0v) is 21.2. The number of carbonyl (C=O) groups is 3. The Hall–Kier alpha value is -4.07. The fourth-order valence-electron chi connectivity index (χ4n) is 4.63. The molecule has 1 heterocycles. The van der Waals surface area contributed by atoms with Crippen LogP contribution in [0.3, 0.4) is 0 Å². The van der Waals surface area contributed by atoms with Gasteiger partial charge in [0, 0.05) is 29.7 Å². The molecule has 1 aliphatic rings. The van der Waals surface area contributed by atoms with E-state index in [4.69, 9.17) is 4.74 Å². The fourth-order valence-corrected chi connectivity index (χ4v) is 4.63. The van der Waals surface area contributed by atoms with Crippen molar-refractivity contribution in [1.29, 1.82) is 0 Å². The topological polar surface area (TPSA) is 101 Å².